The van der Waals surface area contributed by atoms with E-state index < -0.39 is 11.9 Å². The first-order valence-corrected chi connectivity index (χ1v) is 5.85. The molecule has 0 bridgehead atoms. The number of likely N-dealkylation sites (N-methyl/N-ethyl adjacent to an activating group) is 1. The number of anilines is 1. The molecule has 0 fully saturated rings. The van der Waals surface area contributed by atoms with Gasteiger partial charge >= 0.3 is 5.97 Å². The molecule has 2 rings (SSSR count). The zero-order valence-electron chi connectivity index (χ0n) is 10.1. The summed E-state index contributed by atoms with van der Waals surface area (Å²) in [5.41, 5.74) is 1.75. The van der Waals surface area contributed by atoms with Gasteiger partial charge in [-0.25, -0.2) is 0 Å². The van der Waals surface area contributed by atoms with Gasteiger partial charge in [0.2, 0.25) is 0 Å². The van der Waals surface area contributed by atoms with Gasteiger partial charge in [-0.05, 0) is 19.1 Å². The lowest BCUT2D eigenvalue weighted by atomic mass is 9.88. The van der Waals surface area contributed by atoms with E-state index in [4.69, 9.17) is 5.11 Å². The molecule has 1 heterocycles. The topological polar surface area (TPSA) is 60.8 Å². The van der Waals surface area contributed by atoms with Crippen molar-refractivity contribution in [2.75, 3.05) is 18.0 Å². The van der Waals surface area contributed by atoms with Crippen molar-refractivity contribution in [1.82, 2.24) is 0 Å². The van der Waals surface area contributed by atoms with Gasteiger partial charge in [-0.1, -0.05) is 13.0 Å². The summed E-state index contributed by atoms with van der Waals surface area (Å²) in [7, 11) is 0. The van der Waals surface area contributed by atoms with Crippen molar-refractivity contribution < 1.29 is 15.0 Å². The maximum absolute atomic E-state index is 11.1. The quantitative estimate of drug-likeness (QED) is 0.841. The van der Waals surface area contributed by atoms with E-state index in [0.29, 0.717) is 6.54 Å². The Morgan fingerprint density at radius 1 is 1.59 bits per heavy atom. The van der Waals surface area contributed by atoms with Gasteiger partial charge in [0.25, 0.3) is 0 Å². The fourth-order valence-electron chi connectivity index (χ4n) is 2.50. The molecular formula is C13H17NO3. The molecule has 4 nitrogen and oxygen atoms in total. The Morgan fingerprint density at radius 3 is 2.88 bits per heavy atom. The molecule has 0 spiro atoms. The highest BCUT2D eigenvalue weighted by Crippen LogP contribution is 2.44. The Morgan fingerprint density at radius 2 is 2.29 bits per heavy atom. The van der Waals surface area contributed by atoms with Crippen LogP contribution < -0.4 is 4.90 Å². The highest BCUT2D eigenvalue weighted by atomic mass is 16.4. The second-order valence-corrected chi connectivity index (χ2v) is 4.48. The summed E-state index contributed by atoms with van der Waals surface area (Å²) < 4.78 is 0. The lowest BCUT2D eigenvalue weighted by Crippen LogP contribution is -2.26. The largest absolute Gasteiger partial charge is 0.508 e. The van der Waals surface area contributed by atoms with Gasteiger partial charge in [-0.15, -0.1) is 0 Å². The Labute approximate surface area is 100 Å². The molecule has 1 aliphatic heterocycles. The second-order valence-electron chi connectivity index (χ2n) is 4.48. The number of benzene rings is 1. The predicted molar refractivity (Wildman–Crippen MR) is 65.5 cm³/mol. The Kier molecular flexibility index (Phi) is 2.96. The summed E-state index contributed by atoms with van der Waals surface area (Å²) in [6.45, 7) is 5.21. The number of hydrogen-bond acceptors (Lipinski definition) is 3. The van der Waals surface area contributed by atoms with Crippen molar-refractivity contribution in [2.45, 2.75) is 19.8 Å². The third-order valence-electron chi connectivity index (χ3n) is 3.56. The second kappa shape index (κ2) is 4.28. The van der Waals surface area contributed by atoms with E-state index in [2.05, 4.69) is 4.90 Å². The van der Waals surface area contributed by atoms with Gasteiger partial charge in [0.05, 0.1) is 5.92 Å². The molecule has 0 aliphatic carbocycles. The van der Waals surface area contributed by atoms with Crippen LogP contribution in [0.15, 0.2) is 18.2 Å². The summed E-state index contributed by atoms with van der Waals surface area (Å²) in [6.07, 6.45) is 0. The van der Waals surface area contributed by atoms with E-state index in [-0.39, 0.29) is 11.7 Å². The molecule has 0 aromatic heterocycles. The van der Waals surface area contributed by atoms with E-state index in [0.717, 1.165) is 17.8 Å². The zero-order chi connectivity index (χ0) is 12.6. The Bertz CT molecular complexity index is 444. The number of carbonyl (C=O) groups is 1. The lowest BCUT2D eigenvalue weighted by molar-refractivity contribution is -0.141. The maximum atomic E-state index is 11.1. The molecule has 0 saturated carbocycles. The Balaban J connectivity index is 2.45. The van der Waals surface area contributed by atoms with Crippen LogP contribution >= 0.6 is 0 Å². The van der Waals surface area contributed by atoms with Gasteiger partial charge in [0, 0.05) is 30.3 Å². The highest BCUT2D eigenvalue weighted by molar-refractivity contribution is 5.75. The maximum Gasteiger partial charge on any atom is 0.306 e. The smallest absolute Gasteiger partial charge is 0.306 e. The molecule has 17 heavy (non-hydrogen) atoms. The van der Waals surface area contributed by atoms with Crippen LogP contribution in [0.5, 0.6) is 5.75 Å². The molecular weight excluding hydrogens is 218 g/mol. The molecule has 4 heteroatoms. The minimum atomic E-state index is -0.817. The van der Waals surface area contributed by atoms with E-state index in [1.54, 1.807) is 19.1 Å². The average Bonchev–Trinajstić information content (AvgIpc) is 2.68. The van der Waals surface area contributed by atoms with E-state index in [1.165, 1.54) is 0 Å². The number of rotatable bonds is 3. The Hall–Kier alpha value is -1.71. The monoisotopic (exact) mass is 235 g/mol. The fourth-order valence-corrected chi connectivity index (χ4v) is 2.50. The van der Waals surface area contributed by atoms with Crippen LogP contribution in [-0.2, 0) is 4.79 Å². The lowest BCUT2D eigenvalue weighted by Gasteiger charge is -2.18. The van der Waals surface area contributed by atoms with Crippen LogP contribution in [0.3, 0.4) is 0 Å². The van der Waals surface area contributed by atoms with Crippen LogP contribution in [0, 0.1) is 5.92 Å². The van der Waals surface area contributed by atoms with Crippen LogP contribution in [0.25, 0.3) is 0 Å². The minimum Gasteiger partial charge on any atom is -0.508 e. The van der Waals surface area contributed by atoms with Crippen molar-refractivity contribution in [2.24, 2.45) is 5.92 Å². The summed E-state index contributed by atoms with van der Waals surface area (Å²) in [6, 6.07) is 5.36. The fraction of sp³-hybridized carbons (Fsp3) is 0.462. The van der Waals surface area contributed by atoms with Gasteiger partial charge in [0.1, 0.15) is 5.75 Å². The summed E-state index contributed by atoms with van der Waals surface area (Å²) >= 11 is 0. The number of nitrogens with zero attached hydrogens (tertiary/aromatic N) is 1. The molecule has 0 radical (unpaired) electrons. The number of phenolic OH excluding ortho intramolecular Hbond substituents is 1. The molecule has 2 unspecified atom stereocenters. The SMILES string of the molecule is CCN1CC(C(C)C(=O)O)c2c(O)cccc21. The number of carboxylic acids is 1. The first-order chi connectivity index (χ1) is 8.06. The van der Waals surface area contributed by atoms with Crippen molar-refractivity contribution in [3.8, 4) is 5.75 Å². The normalized spacial score (nSPS) is 20.1. The van der Waals surface area contributed by atoms with Crippen molar-refractivity contribution >= 4 is 11.7 Å². The molecule has 2 atom stereocenters. The van der Waals surface area contributed by atoms with Gasteiger partial charge in [-0.3, -0.25) is 4.79 Å². The standard InChI is InChI=1S/C13H17NO3/c1-3-14-7-9(8(2)13(16)17)12-10(14)5-4-6-11(12)15/h4-6,8-9,15H,3,7H2,1-2H3,(H,16,17). The van der Waals surface area contributed by atoms with Crippen LogP contribution in [-0.4, -0.2) is 29.3 Å². The number of hydrogen-bond donors (Lipinski definition) is 2. The van der Waals surface area contributed by atoms with E-state index in [9.17, 15) is 9.90 Å². The van der Waals surface area contributed by atoms with Gasteiger partial charge < -0.3 is 15.1 Å². The summed E-state index contributed by atoms with van der Waals surface area (Å²) in [5, 5.41) is 19.0. The average molecular weight is 235 g/mol. The van der Waals surface area contributed by atoms with Gasteiger partial charge in [-0.2, -0.15) is 0 Å². The number of aliphatic carboxylic acids is 1. The predicted octanol–water partition coefficient (Wildman–Crippen LogP) is 2.04. The van der Waals surface area contributed by atoms with Crippen LogP contribution in [0.1, 0.15) is 25.3 Å². The third kappa shape index (κ3) is 1.84. The van der Waals surface area contributed by atoms with E-state index >= 15 is 0 Å². The van der Waals surface area contributed by atoms with Crippen LogP contribution in [0.4, 0.5) is 5.69 Å². The number of fused-ring (bicyclic) bond motifs is 1. The molecule has 0 amide bonds. The molecule has 1 aromatic carbocycles. The molecule has 0 saturated heterocycles. The first kappa shape index (κ1) is 11.8. The molecule has 1 aromatic rings. The molecule has 1 aliphatic rings. The highest BCUT2D eigenvalue weighted by Gasteiger charge is 2.36. The molecule has 92 valence electrons. The first-order valence-electron chi connectivity index (χ1n) is 5.85. The van der Waals surface area contributed by atoms with Crippen LogP contribution in [0.2, 0.25) is 0 Å². The van der Waals surface area contributed by atoms with Crippen molar-refractivity contribution in [1.29, 1.82) is 0 Å². The third-order valence-corrected chi connectivity index (χ3v) is 3.56. The van der Waals surface area contributed by atoms with Crippen molar-refractivity contribution in [3.63, 3.8) is 0 Å². The zero-order valence-corrected chi connectivity index (χ0v) is 10.1. The molecule has 2 N–H and O–H groups in total. The minimum absolute atomic E-state index is 0.136. The summed E-state index contributed by atoms with van der Waals surface area (Å²) in [5.74, 6) is -1.24. The van der Waals surface area contributed by atoms with E-state index in [1.807, 2.05) is 13.0 Å². The van der Waals surface area contributed by atoms with Gasteiger partial charge in [0.15, 0.2) is 0 Å². The number of phenols is 1. The number of aromatic hydroxyl groups is 1. The summed E-state index contributed by atoms with van der Waals surface area (Å²) in [4.78, 5) is 13.2. The van der Waals surface area contributed by atoms with Crippen molar-refractivity contribution in [3.05, 3.63) is 23.8 Å². The number of carboxylic acid groups (broad SMARTS) is 1.